The number of nitrogens with zero attached hydrogens (tertiary/aromatic N) is 2. The Morgan fingerprint density at radius 3 is 3.00 bits per heavy atom. The second kappa shape index (κ2) is 3.66. The third-order valence-electron chi connectivity index (χ3n) is 1.36. The molecule has 64 valence electrons. The van der Waals surface area contributed by atoms with E-state index < -0.39 is 11.9 Å². The highest BCUT2D eigenvalue weighted by Crippen LogP contribution is 1.99. The van der Waals surface area contributed by atoms with E-state index in [2.05, 4.69) is 15.5 Å². The first-order valence-electron chi connectivity index (χ1n) is 3.53. The van der Waals surface area contributed by atoms with Crippen molar-refractivity contribution in [3.8, 4) is 0 Å². The average molecular weight is 166 g/mol. The molecule has 1 aromatic rings. The summed E-state index contributed by atoms with van der Waals surface area (Å²) >= 11 is 0. The lowest BCUT2D eigenvalue weighted by molar-refractivity contribution is -0.118. The Balaban J connectivity index is 2.58. The van der Waals surface area contributed by atoms with Crippen LogP contribution in [0.2, 0.25) is 0 Å². The van der Waals surface area contributed by atoms with Gasteiger partial charge in [-0.3, -0.25) is 4.79 Å². The fourth-order valence-electron chi connectivity index (χ4n) is 0.671. The van der Waals surface area contributed by atoms with Crippen molar-refractivity contribution >= 4 is 11.7 Å². The molecule has 0 fully saturated rings. The van der Waals surface area contributed by atoms with Gasteiger partial charge in [0.15, 0.2) is 0 Å². The summed E-state index contributed by atoms with van der Waals surface area (Å²) < 4.78 is 0. The highest BCUT2D eigenvalue weighted by molar-refractivity contribution is 5.82. The molecule has 0 aliphatic heterocycles. The smallest absolute Gasteiger partial charge is 0.239 e. The summed E-state index contributed by atoms with van der Waals surface area (Å²) in [6.07, 6.45) is 1.56. The molecule has 5 nitrogen and oxygen atoms in total. The number of anilines is 1. The predicted octanol–water partition coefficient (Wildman–Crippen LogP) is -0.238. The lowest BCUT2D eigenvalue weighted by Gasteiger charge is -2.08. The van der Waals surface area contributed by atoms with Crippen LogP contribution in [0.25, 0.3) is 0 Å². The molecule has 0 saturated carbocycles. The van der Waals surface area contributed by atoms with Crippen molar-refractivity contribution in [2.45, 2.75) is 13.0 Å². The first kappa shape index (κ1) is 8.45. The van der Waals surface area contributed by atoms with Crippen LogP contribution in [0.1, 0.15) is 6.92 Å². The van der Waals surface area contributed by atoms with Crippen molar-refractivity contribution in [1.29, 1.82) is 0 Å². The minimum Gasteiger partial charge on any atom is -0.368 e. The molecule has 0 radical (unpaired) electrons. The van der Waals surface area contributed by atoms with Gasteiger partial charge in [0, 0.05) is 6.20 Å². The van der Waals surface area contributed by atoms with E-state index in [-0.39, 0.29) is 0 Å². The fourth-order valence-corrected chi connectivity index (χ4v) is 0.671. The molecule has 1 aromatic heterocycles. The molecule has 5 heteroatoms. The van der Waals surface area contributed by atoms with Crippen LogP contribution >= 0.6 is 0 Å². The summed E-state index contributed by atoms with van der Waals surface area (Å²) in [5.74, 6) is 0.129. The molecule has 1 heterocycles. The molecule has 0 aromatic carbocycles. The van der Waals surface area contributed by atoms with Gasteiger partial charge >= 0.3 is 0 Å². The Kier molecular flexibility index (Phi) is 2.57. The molecular formula is C7H10N4O. The van der Waals surface area contributed by atoms with E-state index in [0.29, 0.717) is 5.82 Å². The fraction of sp³-hybridized carbons (Fsp3) is 0.286. The number of hydrogen-bond acceptors (Lipinski definition) is 4. The normalized spacial score (nSPS) is 12.1. The molecule has 1 atom stereocenters. The Morgan fingerprint density at radius 2 is 2.50 bits per heavy atom. The number of hydrogen-bond donors (Lipinski definition) is 2. The topological polar surface area (TPSA) is 80.9 Å². The standard InChI is InChI=1S/C7H10N4O/c1-5(7(8)12)10-6-3-2-4-9-11-6/h2-5H,1H3,(H2,8,12)(H,10,11). The van der Waals surface area contributed by atoms with Crippen molar-refractivity contribution in [2.75, 3.05) is 5.32 Å². The summed E-state index contributed by atoms with van der Waals surface area (Å²) in [7, 11) is 0. The third kappa shape index (κ3) is 2.19. The maximum atomic E-state index is 10.6. The Morgan fingerprint density at radius 1 is 1.75 bits per heavy atom. The lowest BCUT2D eigenvalue weighted by atomic mass is 10.3. The number of nitrogens with one attached hydrogen (secondary N) is 1. The highest BCUT2D eigenvalue weighted by Gasteiger charge is 2.07. The van der Waals surface area contributed by atoms with Crippen LogP contribution < -0.4 is 11.1 Å². The van der Waals surface area contributed by atoms with Gasteiger partial charge in [-0.25, -0.2) is 0 Å². The number of aromatic nitrogens is 2. The Labute approximate surface area is 70.0 Å². The molecular weight excluding hydrogens is 156 g/mol. The zero-order valence-corrected chi connectivity index (χ0v) is 6.69. The van der Waals surface area contributed by atoms with E-state index in [1.165, 1.54) is 0 Å². The van der Waals surface area contributed by atoms with Crippen LogP contribution in [0.15, 0.2) is 18.3 Å². The second-order valence-electron chi connectivity index (χ2n) is 2.38. The first-order valence-corrected chi connectivity index (χ1v) is 3.53. The minimum absolute atomic E-state index is 0.416. The van der Waals surface area contributed by atoms with E-state index in [9.17, 15) is 4.79 Å². The van der Waals surface area contributed by atoms with E-state index in [1.807, 2.05) is 0 Å². The minimum atomic E-state index is -0.429. The van der Waals surface area contributed by atoms with Gasteiger partial charge in [0.25, 0.3) is 0 Å². The van der Waals surface area contributed by atoms with Gasteiger partial charge in [-0.15, -0.1) is 5.10 Å². The predicted molar refractivity (Wildman–Crippen MR) is 44.3 cm³/mol. The number of primary amides is 1. The van der Waals surface area contributed by atoms with Gasteiger partial charge in [-0.2, -0.15) is 5.10 Å². The van der Waals surface area contributed by atoms with Crippen molar-refractivity contribution in [2.24, 2.45) is 5.73 Å². The van der Waals surface area contributed by atoms with Crippen molar-refractivity contribution in [3.05, 3.63) is 18.3 Å². The number of carbonyl (C=O) groups is 1. The molecule has 3 N–H and O–H groups in total. The monoisotopic (exact) mass is 166 g/mol. The molecule has 0 aliphatic carbocycles. The summed E-state index contributed by atoms with van der Waals surface area (Å²) in [6, 6.07) is 3.01. The van der Waals surface area contributed by atoms with Crippen LogP contribution in [-0.4, -0.2) is 22.1 Å². The summed E-state index contributed by atoms with van der Waals surface area (Å²) in [5.41, 5.74) is 5.03. The molecule has 1 rings (SSSR count). The lowest BCUT2D eigenvalue weighted by Crippen LogP contribution is -2.32. The molecule has 0 bridgehead atoms. The number of nitrogens with two attached hydrogens (primary N) is 1. The zero-order valence-electron chi connectivity index (χ0n) is 6.69. The maximum Gasteiger partial charge on any atom is 0.239 e. The van der Waals surface area contributed by atoms with Gasteiger partial charge in [0.05, 0.1) is 0 Å². The van der Waals surface area contributed by atoms with Crippen molar-refractivity contribution < 1.29 is 4.79 Å². The van der Waals surface area contributed by atoms with Gasteiger partial charge < -0.3 is 11.1 Å². The van der Waals surface area contributed by atoms with Crippen molar-refractivity contribution in [1.82, 2.24) is 10.2 Å². The number of carbonyl (C=O) groups excluding carboxylic acids is 1. The van der Waals surface area contributed by atoms with E-state index in [4.69, 9.17) is 5.73 Å². The largest absolute Gasteiger partial charge is 0.368 e. The SMILES string of the molecule is CC(Nc1cccnn1)C(N)=O. The van der Waals surface area contributed by atoms with E-state index >= 15 is 0 Å². The maximum absolute atomic E-state index is 10.6. The quantitative estimate of drug-likeness (QED) is 0.649. The summed E-state index contributed by atoms with van der Waals surface area (Å²) in [5, 5.41) is 10.2. The van der Waals surface area contributed by atoms with Gasteiger partial charge in [0.2, 0.25) is 5.91 Å². The average Bonchev–Trinajstić information content (AvgIpc) is 2.06. The van der Waals surface area contributed by atoms with Gasteiger partial charge in [0.1, 0.15) is 11.9 Å². The number of rotatable bonds is 3. The zero-order chi connectivity index (χ0) is 8.97. The molecule has 1 unspecified atom stereocenters. The highest BCUT2D eigenvalue weighted by atomic mass is 16.1. The summed E-state index contributed by atoms with van der Waals surface area (Å²) in [4.78, 5) is 10.6. The van der Waals surface area contributed by atoms with Crippen LogP contribution in [0, 0.1) is 0 Å². The van der Waals surface area contributed by atoms with Crippen molar-refractivity contribution in [3.63, 3.8) is 0 Å². The molecule has 1 amide bonds. The molecule has 0 saturated heterocycles. The second-order valence-corrected chi connectivity index (χ2v) is 2.38. The van der Waals surface area contributed by atoms with Gasteiger partial charge in [-0.05, 0) is 19.1 Å². The third-order valence-corrected chi connectivity index (χ3v) is 1.36. The summed E-state index contributed by atoms with van der Waals surface area (Å²) in [6.45, 7) is 1.66. The van der Waals surface area contributed by atoms with Gasteiger partial charge in [-0.1, -0.05) is 0 Å². The van der Waals surface area contributed by atoms with Crippen LogP contribution in [0.3, 0.4) is 0 Å². The Bertz CT molecular complexity index is 261. The van der Waals surface area contributed by atoms with Crippen LogP contribution in [0.5, 0.6) is 0 Å². The molecule has 0 aliphatic rings. The van der Waals surface area contributed by atoms with Crippen LogP contribution in [-0.2, 0) is 4.79 Å². The first-order chi connectivity index (χ1) is 5.70. The molecule has 0 spiro atoms. The van der Waals surface area contributed by atoms with E-state index in [0.717, 1.165) is 0 Å². The molecule has 12 heavy (non-hydrogen) atoms. The van der Waals surface area contributed by atoms with E-state index in [1.54, 1.807) is 25.3 Å². The number of amides is 1. The van der Waals surface area contributed by atoms with Crippen LogP contribution in [0.4, 0.5) is 5.82 Å². The Hall–Kier alpha value is -1.65.